The van der Waals surface area contributed by atoms with Gasteiger partial charge in [0.2, 0.25) is 0 Å². The van der Waals surface area contributed by atoms with Gasteiger partial charge in [-0.05, 0) is 67.3 Å². The van der Waals surface area contributed by atoms with E-state index in [0.717, 1.165) is 40.9 Å². The Kier molecular flexibility index (Phi) is 4.90. The second kappa shape index (κ2) is 6.70. The minimum atomic E-state index is 0.603. The fraction of sp³-hybridized carbons (Fsp3) is 0.667. The molecule has 3 atom stereocenters. The summed E-state index contributed by atoms with van der Waals surface area (Å²) in [5, 5.41) is 3.75. The lowest BCUT2D eigenvalue weighted by Crippen LogP contribution is -2.34. The summed E-state index contributed by atoms with van der Waals surface area (Å²) in [5.41, 5.74) is 1.32. The first-order valence-electron chi connectivity index (χ1n) is 8.30. The highest BCUT2D eigenvalue weighted by molar-refractivity contribution is 9.10. The van der Waals surface area contributed by atoms with Crippen molar-refractivity contribution in [2.75, 3.05) is 13.7 Å². The van der Waals surface area contributed by atoms with Gasteiger partial charge in [-0.15, -0.1) is 0 Å². The minimum Gasteiger partial charge on any atom is -0.496 e. The van der Waals surface area contributed by atoms with Crippen molar-refractivity contribution in [3.63, 3.8) is 0 Å². The molecule has 0 aromatic heterocycles. The quantitative estimate of drug-likeness (QED) is 0.819. The van der Waals surface area contributed by atoms with E-state index in [9.17, 15) is 0 Å². The van der Waals surface area contributed by atoms with Gasteiger partial charge in [-0.25, -0.2) is 0 Å². The van der Waals surface area contributed by atoms with Gasteiger partial charge in [-0.2, -0.15) is 0 Å². The van der Waals surface area contributed by atoms with Gasteiger partial charge >= 0.3 is 0 Å². The predicted molar refractivity (Wildman–Crippen MR) is 90.8 cm³/mol. The number of hydrogen-bond acceptors (Lipinski definition) is 2. The van der Waals surface area contributed by atoms with Crippen molar-refractivity contribution in [3.05, 3.63) is 28.2 Å². The maximum Gasteiger partial charge on any atom is 0.122 e. The average Bonchev–Trinajstić information content (AvgIpc) is 3.21. The zero-order valence-corrected chi connectivity index (χ0v) is 14.7. The number of fused-ring (bicyclic) bond motifs is 1. The van der Waals surface area contributed by atoms with Gasteiger partial charge in [0, 0.05) is 10.5 Å². The number of halogens is 1. The lowest BCUT2D eigenvalue weighted by molar-refractivity contribution is 0.395. The van der Waals surface area contributed by atoms with Gasteiger partial charge in [-0.3, -0.25) is 0 Å². The number of nitrogens with one attached hydrogen (secondary N) is 1. The van der Waals surface area contributed by atoms with E-state index in [0.29, 0.717) is 6.04 Å². The molecule has 0 aliphatic heterocycles. The van der Waals surface area contributed by atoms with Crippen LogP contribution in [-0.2, 0) is 6.42 Å². The number of benzene rings is 1. The van der Waals surface area contributed by atoms with Crippen LogP contribution in [0, 0.1) is 17.8 Å². The molecule has 0 bridgehead atoms. The Morgan fingerprint density at radius 2 is 2.00 bits per heavy atom. The van der Waals surface area contributed by atoms with Crippen LogP contribution in [-0.4, -0.2) is 19.7 Å². The number of rotatable bonds is 6. The van der Waals surface area contributed by atoms with Gasteiger partial charge < -0.3 is 10.1 Å². The fourth-order valence-corrected chi connectivity index (χ4v) is 4.80. The third-order valence-corrected chi connectivity index (χ3v) is 5.83. The minimum absolute atomic E-state index is 0.603. The molecule has 21 heavy (non-hydrogen) atoms. The van der Waals surface area contributed by atoms with Crippen LogP contribution >= 0.6 is 15.9 Å². The molecule has 2 fully saturated rings. The summed E-state index contributed by atoms with van der Waals surface area (Å²) in [6.07, 6.45) is 6.86. The van der Waals surface area contributed by atoms with Crippen LogP contribution in [0.5, 0.6) is 5.75 Å². The van der Waals surface area contributed by atoms with Crippen LogP contribution in [0.4, 0.5) is 0 Å². The van der Waals surface area contributed by atoms with E-state index >= 15 is 0 Å². The topological polar surface area (TPSA) is 21.3 Å². The second-order valence-corrected chi connectivity index (χ2v) is 7.43. The summed E-state index contributed by atoms with van der Waals surface area (Å²) < 4.78 is 6.69. The van der Waals surface area contributed by atoms with E-state index in [1.165, 1.54) is 31.2 Å². The van der Waals surface area contributed by atoms with Crippen molar-refractivity contribution in [2.24, 2.45) is 17.8 Å². The number of ether oxygens (including phenoxy) is 1. The SMILES string of the molecule is CCNC(Cc1cc(Br)ccc1OC)C1C2CCCCC21. The highest BCUT2D eigenvalue weighted by Crippen LogP contribution is 2.57. The maximum atomic E-state index is 5.55. The molecule has 2 saturated carbocycles. The number of methoxy groups -OCH3 is 1. The third-order valence-electron chi connectivity index (χ3n) is 5.34. The lowest BCUT2D eigenvalue weighted by Gasteiger charge is -2.20. The third kappa shape index (κ3) is 3.29. The highest BCUT2D eigenvalue weighted by atomic mass is 79.9. The normalized spacial score (nSPS) is 28.8. The molecule has 2 nitrogen and oxygen atoms in total. The summed E-state index contributed by atoms with van der Waals surface area (Å²) >= 11 is 3.59. The van der Waals surface area contributed by atoms with Gasteiger partial charge in [0.1, 0.15) is 5.75 Å². The molecular weight excluding hydrogens is 326 g/mol. The monoisotopic (exact) mass is 351 g/mol. The molecule has 2 aliphatic carbocycles. The smallest absolute Gasteiger partial charge is 0.122 e. The molecule has 3 heteroatoms. The molecule has 0 spiro atoms. The summed E-state index contributed by atoms with van der Waals surface area (Å²) in [6, 6.07) is 6.95. The summed E-state index contributed by atoms with van der Waals surface area (Å²) in [4.78, 5) is 0. The largest absolute Gasteiger partial charge is 0.496 e. The van der Waals surface area contributed by atoms with Crippen LogP contribution in [0.15, 0.2) is 22.7 Å². The Bertz CT molecular complexity index is 478. The standard InChI is InChI=1S/C18H26BrNO/c1-3-20-16(18-14-6-4-5-7-15(14)18)11-12-10-13(19)8-9-17(12)21-2/h8-10,14-16,18,20H,3-7,11H2,1-2H3. The molecule has 0 saturated heterocycles. The summed E-state index contributed by atoms with van der Waals surface area (Å²) in [7, 11) is 1.77. The number of hydrogen-bond donors (Lipinski definition) is 1. The maximum absolute atomic E-state index is 5.55. The van der Waals surface area contributed by atoms with Crippen molar-refractivity contribution in [2.45, 2.75) is 45.1 Å². The zero-order valence-electron chi connectivity index (χ0n) is 13.1. The molecule has 3 rings (SSSR count). The molecule has 1 N–H and O–H groups in total. The average molecular weight is 352 g/mol. The fourth-order valence-electron chi connectivity index (χ4n) is 4.39. The molecule has 1 aromatic rings. The van der Waals surface area contributed by atoms with Gasteiger partial charge in [0.15, 0.2) is 0 Å². The van der Waals surface area contributed by atoms with E-state index in [1.54, 1.807) is 7.11 Å². The van der Waals surface area contributed by atoms with E-state index in [1.807, 2.05) is 0 Å². The van der Waals surface area contributed by atoms with Crippen LogP contribution < -0.4 is 10.1 Å². The van der Waals surface area contributed by atoms with Crippen LogP contribution in [0.25, 0.3) is 0 Å². The summed E-state index contributed by atoms with van der Waals surface area (Å²) in [5.74, 6) is 3.88. The van der Waals surface area contributed by atoms with Gasteiger partial charge in [0.25, 0.3) is 0 Å². The number of likely N-dealkylation sites (N-methyl/N-ethyl adjacent to an activating group) is 1. The molecule has 1 aromatic carbocycles. The molecule has 3 unspecified atom stereocenters. The van der Waals surface area contributed by atoms with Crippen LogP contribution in [0.3, 0.4) is 0 Å². The van der Waals surface area contributed by atoms with E-state index in [2.05, 4.69) is 46.4 Å². The van der Waals surface area contributed by atoms with Crippen molar-refractivity contribution >= 4 is 15.9 Å². The molecule has 0 amide bonds. The Labute approximate surface area is 136 Å². The van der Waals surface area contributed by atoms with Crippen molar-refractivity contribution in [1.29, 1.82) is 0 Å². The Morgan fingerprint density at radius 1 is 1.29 bits per heavy atom. The van der Waals surface area contributed by atoms with E-state index < -0.39 is 0 Å². The van der Waals surface area contributed by atoms with E-state index in [4.69, 9.17) is 4.74 Å². The van der Waals surface area contributed by atoms with Crippen molar-refractivity contribution in [1.82, 2.24) is 5.32 Å². The Hall–Kier alpha value is -0.540. The van der Waals surface area contributed by atoms with E-state index in [-0.39, 0.29) is 0 Å². The van der Waals surface area contributed by atoms with Gasteiger partial charge in [-0.1, -0.05) is 35.7 Å². The van der Waals surface area contributed by atoms with Crippen LogP contribution in [0.1, 0.15) is 38.2 Å². The first kappa shape index (κ1) is 15.4. The molecule has 2 aliphatic rings. The Balaban J connectivity index is 1.75. The predicted octanol–water partition coefficient (Wildman–Crippen LogP) is 4.41. The molecule has 0 heterocycles. The zero-order chi connectivity index (χ0) is 14.8. The molecule has 116 valence electrons. The molecule has 0 radical (unpaired) electrons. The highest BCUT2D eigenvalue weighted by Gasteiger charge is 2.53. The molecular formula is C18H26BrNO. The van der Waals surface area contributed by atoms with Gasteiger partial charge in [0.05, 0.1) is 7.11 Å². The van der Waals surface area contributed by atoms with Crippen molar-refractivity contribution in [3.8, 4) is 5.75 Å². The Morgan fingerprint density at radius 3 is 2.62 bits per heavy atom. The van der Waals surface area contributed by atoms with Crippen LogP contribution in [0.2, 0.25) is 0 Å². The van der Waals surface area contributed by atoms with Crippen molar-refractivity contribution < 1.29 is 4.74 Å². The first-order valence-corrected chi connectivity index (χ1v) is 9.09. The second-order valence-electron chi connectivity index (χ2n) is 6.51. The summed E-state index contributed by atoms with van der Waals surface area (Å²) in [6.45, 7) is 3.27. The lowest BCUT2D eigenvalue weighted by atomic mass is 9.99. The first-order chi connectivity index (χ1) is 10.2.